The molecule has 1 fully saturated rings. The Morgan fingerprint density at radius 1 is 1.47 bits per heavy atom. The number of carbonyl (C=O) groups excluding carboxylic acids is 1. The molecule has 0 radical (unpaired) electrons. The number of likely N-dealkylation sites (N-methyl/N-ethyl adjacent to an activating group) is 1. The van der Waals surface area contributed by atoms with E-state index in [4.69, 9.17) is 0 Å². The molecule has 1 amide bonds. The summed E-state index contributed by atoms with van der Waals surface area (Å²) in [5.41, 5.74) is 0.431. The Labute approximate surface area is 114 Å². The normalized spacial score (nSPS) is 16.2. The van der Waals surface area contributed by atoms with Crippen molar-refractivity contribution >= 4 is 28.5 Å². The van der Waals surface area contributed by atoms with Gasteiger partial charge in [0.1, 0.15) is 5.82 Å². The molecule has 0 aromatic heterocycles. The summed E-state index contributed by atoms with van der Waals surface area (Å²) in [5.74, 6) is -0.417. The molecule has 17 heavy (non-hydrogen) atoms. The number of hydrogen-bond donors (Lipinski definition) is 0. The van der Waals surface area contributed by atoms with Crippen molar-refractivity contribution in [3.05, 3.63) is 33.1 Å². The summed E-state index contributed by atoms with van der Waals surface area (Å²) in [6.07, 6.45) is 0. The van der Waals surface area contributed by atoms with Crippen LogP contribution in [-0.2, 0) is 0 Å². The average Bonchev–Trinajstić information content (AvgIpc) is 2.19. The van der Waals surface area contributed by atoms with Gasteiger partial charge in [-0.2, -0.15) is 0 Å². The van der Waals surface area contributed by atoms with E-state index in [1.54, 1.807) is 17.0 Å². The van der Waals surface area contributed by atoms with Crippen molar-refractivity contribution in [2.75, 3.05) is 27.2 Å². The van der Waals surface area contributed by atoms with Crippen LogP contribution in [0, 0.1) is 9.39 Å². The van der Waals surface area contributed by atoms with Gasteiger partial charge in [0.05, 0.1) is 0 Å². The minimum Gasteiger partial charge on any atom is -0.335 e. The molecule has 3 nitrogen and oxygen atoms in total. The van der Waals surface area contributed by atoms with E-state index in [0.29, 0.717) is 15.2 Å². The van der Waals surface area contributed by atoms with E-state index in [1.807, 2.05) is 36.7 Å². The Kier molecular flexibility index (Phi) is 3.67. The van der Waals surface area contributed by atoms with E-state index < -0.39 is 0 Å². The van der Waals surface area contributed by atoms with Gasteiger partial charge < -0.3 is 9.80 Å². The van der Waals surface area contributed by atoms with E-state index in [-0.39, 0.29) is 11.7 Å². The number of carbonyl (C=O) groups is 1. The fraction of sp³-hybridized carbons (Fsp3) is 0.417. The second-order valence-corrected chi connectivity index (χ2v) is 5.62. The van der Waals surface area contributed by atoms with Gasteiger partial charge in [-0.05, 0) is 54.9 Å². The molecule has 2 rings (SSSR count). The quantitative estimate of drug-likeness (QED) is 0.762. The van der Waals surface area contributed by atoms with Gasteiger partial charge in [-0.15, -0.1) is 0 Å². The Hall–Kier alpha value is -0.690. The second-order valence-electron chi connectivity index (χ2n) is 4.46. The average molecular weight is 348 g/mol. The van der Waals surface area contributed by atoms with Crippen LogP contribution in [0.1, 0.15) is 10.4 Å². The predicted octanol–water partition coefficient (Wildman–Crippen LogP) is 1.82. The molecule has 0 bridgehead atoms. The standard InChI is InChI=1S/C12H14FIN2O/c1-15(2)9-6-16(7-9)12(17)8-3-4-11(14)10(13)5-8/h3-5,9H,6-7H2,1-2H3. The first kappa shape index (κ1) is 12.8. The van der Waals surface area contributed by atoms with Crippen LogP contribution in [0.15, 0.2) is 18.2 Å². The SMILES string of the molecule is CN(C)C1CN(C(=O)c2ccc(I)c(F)c2)C1. The fourth-order valence-electron chi connectivity index (χ4n) is 1.76. The van der Waals surface area contributed by atoms with Crippen LogP contribution in [0.4, 0.5) is 4.39 Å². The lowest BCUT2D eigenvalue weighted by molar-refractivity contribution is 0.0399. The Morgan fingerprint density at radius 3 is 2.65 bits per heavy atom. The van der Waals surface area contributed by atoms with Gasteiger partial charge in [-0.3, -0.25) is 4.79 Å². The summed E-state index contributed by atoms with van der Waals surface area (Å²) in [4.78, 5) is 15.8. The highest BCUT2D eigenvalue weighted by Gasteiger charge is 2.32. The third-order valence-electron chi connectivity index (χ3n) is 3.05. The zero-order valence-electron chi connectivity index (χ0n) is 9.78. The van der Waals surface area contributed by atoms with Gasteiger partial charge >= 0.3 is 0 Å². The van der Waals surface area contributed by atoms with Gasteiger partial charge in [0, 0.05) is 28.3 Å². The third-order valence-corrected chi connectivity index (χ3v) is 3.92. The van der Waals surface area contributed by atoms with E-state index in [1.165, 1.54) is 6.07 Å². The lowest BCUT2D eigenvalue weighted by Gasteiger charge is -2.42. The highest BCUT2D eigenvalue weighted by atomic mass is 127. The van der Waals surface area contributed by atoms with Crippen molar-refractivity contribution in [1.82, 2.24) is 9.80 Å². The summed E-state index contributed by atoms with van der Waals surface area (Å²) in [7, 11) is 3.99. The zero-order chi connectivity index (χ0) is 12.6. The minimum absolute atomic E-state index is 0.0848. The summed E-state index contributed by atoms with van der Waals surface area (Å²) in [5, 5.41) is 0. The lowest BCUT2D eigenvalue weighted by atomic mass is 10.1. The topological polar surface area (TPSA) is 23.6 Å². The molecule has 0 aliphatic carbocycles. The van der Waals surface area contributed by atoms with Crippen LogP contribution < -0.4 is 0 Å². The Morgan fingerprint density at radius 2 is 2.12 bits per heavy atom. The van der Waals surface area contributed by atoms with Crippen molar-refractivity contribution < 1.29 is 9.18 Å². The Balaban J connectivity index is 2.04. The maximum atomic E-state index is 13.3. The van der Waals surface area contributed by atoms with Gasteiger partial charge in [0.15, 0.2) is 0 Å². The molecule has 1 aliphatic heterocycles. The van der Waals surface area contributed by atoms with Gasteiger partial charge in [-0.25, -0.2) is 4.39 Å². The molecule has 1 aromatic carbocycles. The van der Waals surface area contributed by atoms with Crippen LogP contribution in [0.25, 0.3) is 0 Å². The predicted molar refractivity (Wildman–Crippen MR) is 72.5 cm³/mol. The van der Waals surface area contributed by atoms with E-state index in [0.717, 1.165) is 13.1 Å². The van der Waals surface area contributed by atoms with Crippen LogP contribution in [-0.4, -0.2) is 48.9 Å². The zero-order valence-corrected chi connectivity index (χ0v) is 11.9. The maximum Gasteiger partial charge on any atom is 0.254 e. The number of likely N-dealkylation sites (tertiary alicyclic amines) is 1. The van der Waals surface area contributed by atoms with Gasteiger partial charge in [0.25, 0.3) is 5.91 Å². The van der Waals surface area contributed by atoms with Crippen molar-refractivity contribution in [1.29, 1.82) is 0 Å². The molecule has 92 valence electrons. The van der Waals surface area contributed by atoms with Crippen molar-refractivity contribution in [3.8, 4) is 0 Å². The van der Waals surface area contributed by atoms with Crippen molar-refractivity contribution in [3.63, 3.8) is 0 Å². The second kappa shape index (κ2) is 4.89. The first-order valence-corrected chi connectivity index (χ1v) is 6.47. The number of rotatable bonds is 2. The van der Waals surface area contributed by atoms with Crippen molar-refractivity contribution in [2.45, 2.75) is 6.04 Å². The summed E-state index contributed by atoms with van der Waals surface area (Å²) >= 11 is 1.91. The largest absolute Gasteiger partial charge is 0.335 e. The minimum atomic E-state index is -0.332. The van der Waals surface area contributed by atoms with Gasteiger partial charge in [0.2, 0.25) is 0 Å². The van der Waals surface area contributed by atoms with Crippen molar-refractivity contribution in [2.24, 2.45) is 0 Å². The molecule has 1 saturated heterocycles. The number of nitrogens with zero attached hydrogens (tertiary/aromatic N) is 2. The van der Waals surface area contributed by atoms with E-state index >= 15 is 0 Å². The van der Waals surface area contributed by atoms with E-state index in [9.17, 15) is 9.18 Å². The lowest BCUT2D eigenvalue weighted by Crippen LogP contribution is -2.59. The molecular weight excluding hydrogens is 334 g/mol. The van der Waals surface area contributed by atoms with Crippen LogP contribution >= 0.6 is 22.6 Å². The molecule has 1 aliphatic rings. The summed E-state index contributed by atoms with van der Waals surface area (Å²) in [6, 6.07) is 5.04. The molecular formula is C12H14FIN2O. The van der Waals surface area contributed by atoms with Crippen LogP contribution in [0.2, 0.25) is 0 Å². The number of hydrogen-bond acceptors (Lipinski definition) is 2. The molecule has 0 unspecified atom stereocenters. The number of benzene rings is 1. The van der Waals surface area contributed by atoms with E-state index in [2.05, 4.69) is 4.90 Å². The number of amides is 1. The highest BCUT2D eigenvalue weighted by Crippen LogP contribution is 2.18. The molecule has 0 atom stereocenters. The first-order valence-electron chi connectivity index (χ1n) is 5.40. The molecule has 0 saturated carbocycles. The number of halogens is 2. The molecule has 0 spiro atoms. The summed E-state index contributed by atoms with van der Waals surface area (Å²) in [6.45, 7) is 1.44. The van der Waals surface area contributed by atoms with Crippen LogP contribution in [0.3, 0.4) is 0 Å². The molecule has 1 heterocycles. The maximum absolute atomic E-state index is 13.3. The molecule has 0 N–H and O–H groups in total. The fourth-order valence-corrected chi connectivity index (χ4v) is 2.09. The summed E-state index contributed by atoms with van der Waals surface area (Å²) < 4.78 is 13.9. The Bertz CT molecular complexity index is 444. The smallest absolute Gasteiger partial charge is 0.254 e. The highest BCUT2D eigenvalue weighted by molar-refractivity contribution is 14.1. The first-order chi connectivity index (χ1) is 7.99. The monoisotopic (exact) mass is 348 g/mol. The van der Waals surface area contributed by atoms with Gasteiger partial charge in [-0.1, -0.05) is 0 Å². The molecule has 5 heteroatoms. The third kappa shape index (κ3) is 2.60. The molecule has 1 aromatic rings. The van der Waals surface area contributed by atoms with Crippen LogP contribution in [0.5, 0.6) is 0 Å².